The maximum atomic E-state index is 5.37. The molecule has 1 N–H and O–H groups in total. The Morgan fingerprint density at radius 1 is 1.44 bits per heavy atom. The van der Waals surface area contributed by atoms with Gasteiger partial charge in [0.15, 0.2) is 0 Å². The van der Waals surface area contributed by atoms with Crippen molar-refractivity contribution in [3.63, 3.8) is 0 Å². The van der Waals surface area contributed by atoms with Gasteiger partial charge >= 0.3 is 0 Å². The molecule has 0 fully saturated rings. The molecule has 0 bridgehead atoms. The molecule has 0 radical (unpaired) electrons. The van der Waals surface area contributed by atoms with Crippen molar-refractivity contribution >= 4 is 0 Å². The van der Waals surface area contributed by atoms with Crippen molar-refractivity contribution in [1.82, 2.24) is 10.2 Å². The highest BCUT2D eigenvalue weighted by Gasteiger charge is 2.11. The van der Waals surface area contributed by atoms with Crippen LogP contribution >= 0.6 is 0 Å². The van der Waals surface area contributed by atoms with E-state index in [0.717, 1.165) is 31.9 Å². The van der Waals surface area contributed by atoms with Crippen LogP contribution in [0.2, 0.25) is 0 Å². The van der Waals surface area contributed by atoms with Crippen LogP contribution in [0.25, 0.3) is 0 Å². The van der Waals surface area contributed by atoms with Crippen LogP contribution in [0.3, 0.4) is 0 Å². The number of hydrogen-bond acceptors (Lipinski definition) is 3. The average Bonchev–Trinajstić information content (AvgIpc) is 2.77. The van der Waals surface area contributed by atoms with E-state index in [1.54, 1.807) is 6.26 Å². The molecular weight excluding hydrogens is 224 g/mol. The van der Waals surface area contributed by atoms with E-state index in [2.05, 4.69) is 44.5 Å². The molecule has 0 atom stereocenters. The fraction of sp³-hybridized carbons (Fsp3) is 0.600. The zero-order valence-electron chi connectivity index (χ0n) is 12.1. The van der Waals surface area contributed by atoms with Crippen molar-refractivity contribution < 1.29 is 4.42 Å². The predicted octanol–water partition coefficient (Wildman–Crippen LogP) is 3.05. The molecule has 0 unspecified atom stereocenters. The summed E-state index contributed by atoms with van der Waals surface area (Å²) in [5.74, 6) is 1.01. The lowest BCUT2D eigenvalue weighted by Crippen LogP contribution is -2.38. The molecule has 0 aliphatic heterocycles. The zero-order chi connectivity index (χ0) is 13.6. The summed E-state index contributed by atoms with van der Waals surface area (Å²) in [4.78, 5) is 2.32. The SMILES string of the molecule is C=C(CNC(C)(C)C)CN(CC)Cc1ccco1. The lowest BCUT2D eigenvalue weighted by Gasteiger charge is -2.24. The monoisotopic (exact) mass is 250 g/mol. The van der Waals surface area contributed by atoms with Gasteiger partial charge in [-0.05, 0) is 45.0 Å². The second kappa shape index (κ2) is 6.76. The smallest absolute Gasteiger partial charge is 0.117 e. The number of nitrogens with zero attached hydrogens (tertiary/aromatic N) is 1. The Morgan fingerprint density at radius 2 is 2.17 bits per heavy atom. The Kier molecular flexibility index (Phi) is 5.63. The molecule has 1 heterocycles. The van der Waals surface area contributed by atoms with Crippen molar-refractivity contribution in [2.75, 3.05) is 19.6 Å². The lowest BCUT2D eigenvalue weighted by atomic mass is 10.1. The lowest BCUT2D eigenvalue weighted by molar-refractivity contribution is 0.272. The first-order valence-electron chi connectivity index (χ1n) is 6.57. The van der Waals surface area contributed by atoms with E-state index >= 15 is 0 Å². The van der Waals surface area contributed by atoms with Crippen LogP contribution in [0.15, 0.2) is 35.0 Å². The number of furan rings is 1. The quantitative estimate of drug-likeness (QED) is 0.754. The summed E-state index contributed by atoms with van der Waals surface area (Å²) < 4.78 is 5.37. The van der Waals surface area contributed by atoms with Gasteiger partial charge in [-0.1, -0.05) is 13.5 Å². The molecular formula is C15H26N2O. The summed E-state index contributed by atoms with van der Waals surface area (Å²) in [6.07, 6.45) is 1.72. The minimum Gasteiger partial charge on any atom is -0.468 e. The highest BCUT2D eigenvalue weighted by atomic mass is 16.3. The van der Waals surface area contributed by atoms with E-state index in [1.807, 2.05) is 12.1 Å². The minimum atomic E-state index is 0.140. The summed E-state index contributed by atoms with van der Waals surface area (Å²) >= 11 is 0. The normalized spacial score (nSPS) is 12.1. The van der Waals surface area contributed by atoms with Gasteiger partial charge in [0.05, 0.1) is 12.8 Å². The molecule has 0 saturated heterocycles. The second-order valence-electron chi connectivity index (χ2n) is 5.74. The average molecular weight is 250 g/mol. The maximum Gasteiger partial charge on any atom is 0.117 e. The largest absolute Gasteiger partial charge is 0.468 e. The molecule has 0 aliphatic rings. The van der Waals surface area contributed by atoms with Crippen molar-refractivity contribution in [2.24, 2.45) is 0 Å². The Hall–Kier alpha value is -1.06. The van der Waals surface area contributed by atoms with Gasteiger partial charge in [0.25, 0.3) is 0 Å². The molecule has 0 aliphatic carbocycles. The molecule has 3 heteroatoms. The Morgan fingerprint density at radius 3 is 2.67 bits per heavy atom. The molecule has 0 aromatic carbocycles. The Balaban J connectivity index is 2.36. The van der Waals surface area contributed by atoms with Gasteiger partial charge in [0, 0.05) is 18.6 Å². The minimum absolute atomic E-state index is 0.140. The summed E-state index contributed by atoms with van der Waals surface area (Å²) in [5.41, 5.74) is 1.35. The van der Waals surface area contributed by atoms with E-state index in [1.165, 1.54) is 5.57 Å². The predicted molar refractivity (Wildman–Crippen MR) is 76.6 cm³/mol. The van der Waals surface area contributed by atoms with Gasteiger partial charge in [-0.2, -0.15) is 0 Å². The van der Waals surface area contributed by atoms with Gasteiger partial charge in [0.1, 0.15) is 5.76 Å². The topological polar surface area (TPSA) is 28.4 Å². The van der Waals surface area contributed by atoms with Gasteiger partial charge in [-0.3, -0.25) is 4.90 Å². The molecule has 3 nitrogen and oxygen atoms in total. The molecule has 18 heavy (non-hydrogen) atoms. The molecule has 0 amide bonds. The van der Waals surface area contributed by atoms with Crippen molar-refractivity contribution in [3.8, 4) is 0 Å². The standard InChI is InChI=1S/C15H26N2O/c1-6-17(12-14-8-7-9-18-14)11-13(2)10-16-15(3,4)5/h7-9,16H,2,6,10-12H2,1,3-5H3. The number of likely N-dealkylation sites (N-methyl/N-ethyl adjacent to an activating group) is 1. The number of hydrogen-bond donors (Lipinski definition) is 1. The van der Waals surface area contributed by atoms with Crippen LogP contribution in [-0.4, -0.2) is 30.1 Å². The molecule has 1 aromatic rings. The molecule has 102 valence electrons. The second-order valence-corrected chi connectivity index (χ2v) is 5.74. The number of nitrogens with one attached hydrogen (secondary N) is 1. The summed E-state index contributed by atoms with van der Waals surface area (Å²) in [6.45, 7) is 16.4. The fourth-order valence-electron chi connectivity index (χ4n) is 1.66. The third kappa shape index (κ3) is 6.03. The van der Waals surface area contributed by atoms with E-state index in [9.17, 15) is 0 Å². The summed E-state index contributed by atoms with van der Waals surface area (Å²) in [6, 6.07) is 3.94. The highest BCUT2D eigenvalue weighted by Crippen LogP contribution is 2.07. The first kappa shape index (κ1) is 15.0. The molecule has 0 spiro atoms. The molecule has 1 aromatic heterocycles. The van der Waals surface area contributed by atoms with Crippen LogP contribution in [-0.2, 0) is 6.54 Å². The third-order valence-corrected chi connectivity index (χ3v) is 2.72. The fourth-order valence-corrected chi connectivity index (χ4v) is 1.66. The van der Waals surface area contributed by atoms with Crippen LogP contribution in [0.5, 0.6) is 0 Å². The summed E-state index contributed by atoms with van der Waals surface area (Å²) in [7, 11) is 0. The van der Waals surface area contributed by atoms with Crippen LogP contribution in [0, 0.1) is 0 Å². The molecule has 0 saturated carbocycles. The Labute approximate surface area is 111 Å². The third-order valence-electron chi connectivity index (χ3n) is 2.72. The van der Waals surface area contributed by atoms with E-state index in [0.29, 0.717) is 0 Å². The zero-order valence-corrected chi connectivity index (χ0v) is 12.1. The van der Waals surface area contributed by atoms with Crippen LogP contribution < -0.4 is 5.32 Å². The van der Waals surface area contributed by atoms with Gasteiger partial charge in [0.2, 0.25) is 0 Å². The number of rotatable bonds is 7. The van der Waals surface area contributed by atoms with Gasteiger partial charge < -0.3 is 9.73 Å². The summed E-state index contributed by atoms with van der Waals surface area (Å²) in [5, 5.41) is 3.46. The van der Waals surface area contributed by atoms with Crippen LogP contribution in [0.4, 0.5) is 0 Å². The highest BCUT2D eigenvalue weighted by molar-refractivity contribution is 5.03. The maximum absolute atomic E-state index is 5.37. The van der Waals surface area contributed by atoms with Crippen LogP contribution in [0.1, 0.15) is 33.5 Å². The van der Waals surface area contributed by atoms with E-state index in [4.69, 9.17) is 4.42 Å². The first-order chi connectivity index (χ1) is 8.40. The Bertz CT molecular complexity index is 349. The van der Waals surface area contributed by atoms with Gasteiger partial charge in [-0.25, -0.2) is 0 Å². The van der Waals surface area contributed by atoms with Crippen molar-refractivity contribution in [1.29, 1.82) is 0 Å². The van der Waals surface area contributed by atoms with Gasteiger partial charge in [-0.15, -0.1) is 0 Å². The molecule has 1 rings (SSSR count). The van der Waals surface area contributed by atoms with E-state index in [-0.39, 0.29) is 5.54 Å². The van der Waals surface area contributed by atoms with Crippen molar-refractivity contribution in [3.05, 3.63) is 36.3 Å². The van der Waals surface area contributed by atoms with E-state index < -0.39 is 0 Å². The first-order valence-corrected chi connectivity index (χ1v) is 6.57. The van der Waals surface area contributed by atoms with Crippen molar-refractivity contribution in [2.45, 2.75) is 39.8 Å².